The number of aromatic amines is 1. The molecule has 0 aliphatic carbocycles. The van der Waals surface area contributed by atoms with Gasteiger partial charge in [0.15, 0.2) is 10.8 Å². The molecule has 2 aromatic heterocycles. The van der Waals surface area contributed by atoms with E-state index in [1.165, 1.54) is 18.2 Å². The van der Waals surface area contributed by atoms with Gasteiger partial charge < -0.3 is 5.32 Å². The average Bonchev–Trinajstić information content (AvgIpc) is 3.02. The molecule has 3 aromatic rings. The van der Waals surface area contributed by atoms with Gasteiger partial charge in [-0.1, -0.05) is 12.1 Å². The Morgan fingerprint density at radius 1 is 1.23 bits per heavy atom. The maximum Gasteiger partial charge on any atom is 0.433 e. The maximum atomic E-state index is 12.7. The lowest BCUT2D eigenvalue weighted by Crippen LogP contribution is -2.17. The molecule has 0 unspecified atom stereocenters. The van der Waals surface area contributed by atoms with E-state index in [0.29, 0.717) is 17.3 Å². The Balaban J connectivity index is 1.88. The molecule has 0 saturated carbocycles. The Morgan fingerprint density at radius 2 is 2.00 bits per heavy atom. The Bertz CT molecular complexity index is 1030. The Labute approximate surface area is 146 Å². The number of non-ortho nitro benzene ring substituents is 1. The summed E-state index contributed by atoms with van der Waals surface area (Å²) in [6.07, 6.45) is -4.76. The van der Waals surface area contributed by atoms with Gasteiger partial charge in [-0.3, -0.25) is 19.9 Å². The molecule has 0 amide bonds. The van der Waals surface area contributed by atoms with Gasteiger partial charge in [0, 0.05) is 29.1 Å². The van der Waals surface area contributed by atoms with Crippen molar-refractivity contribution in [3.05, 3.63) is 61.9 Å². The van der Waals surface area contributed by atoms with Crippen LogP contribution in [0.4, 0.5) is 29.9 Å². The molecule has 134 valence electrons. The summed E-state index contributed by atoms with van der Waals surface area (Å²) in [7, 11) is 0. The second-order valence-electron chi connectivity index (χ2n) is 4.95. The van der Waals surface area contributed by atoms with Gasteiger partial charge in [0.05, 0.1) is 10.6 Å². The highest BCUT2D eigenvalue weighted by molar-refractivity contribution is 7.14. The number of anilines is 2. The molecule has 3 rings (SSSR count). The van der Waals surface area contributed by atoms with Crippen LogP contribution in [0.3, 0.4) is 0 Å². The molecule has 0 fully saturated rings. The van der Waals surface area contributed by atoms with E-state index in [2.05, 4.69) is 20.3 Å². The lowest BCUT2D eigenvalue weighted by Gasteiger charge is -2.07. The van der Waals surface area contributed by atoms with Crippen molar-refractivity contribution < 1.29 is 18.1 Å². The van der Waals surface area contributed by atoms with Crippen molar-refractivity contribution >= 4 is 28.1 Å². The van der Waals surface area contributed by atoms with Gasteiger partial charge in [0.2, 0.25) is 5.95 Å². The first kappa shape index (κ1) is 17.5. The molecule has 0 aliphatic heterocycles. The zero-order valence-electron chi connectivity index (χ0n) is 12.6. The van der Waals surface area contributed by atoms with Crippen LogP contribution in [0.5, 0.6) is 0 Å². The number of nitro benzene ring substituents is 1. The van der Waals surface area contributed by atoms with Gasteiger partial charge in [-0.25, -0.2) is 9.97 Å². The highest BCUT2D eigenvalue weighted by Crippen LogP contribution is 2.30. The fraction of sp³-hybridized carbons (Fsp3) is 0.0714. The number of hydrogen-bond donors (Lipinski definition) is 2. The maximum absolute atomic E-state index is 12.7. The van der Waals surface area contributed by atoms with E-state index < -0.39 is 28.3 Å². The van der Waals surface area contributed by atoms with Crippen molar-refractivity contribution in [2.24, 2.45) is 0 Å². The van der Waals surface area contributed by atoms with Crippen LogP contribution in [-0.2, 0) is 6.18 Å². The predicted octanol–water partition coefficient (Wildman–Crippen LogP) is 3.56. The third kappa shape index (κ3) is 3.85. The lowest BCUT2D eigenvalue weighted by atomic mass is 10.1. The minimum atomic E-state index is -4.76. The number of nitrogens with one attached hydrogen (secondary N) is 2. The molecule has 8 nitrogen and oxygen atoms in total. The van der Waals surface area contributed by atoms with Gasteiger partial charge >= 0.3 is 6.18 Å². The van der Waals surface area contributed by atoms with Crippen molar-refractivity contribution in [1.82, 2.24) is 15.0 Å². The fourth-order valence-corrected chi connectivity index (χ4v) is 2.72. The molecule has 2 heterocycles. The van der Waals surface area contributed by atoms with Crippen LogP contribution in [-0.4, -0.2) is 19.9 Å². The highest BCUT2D eigenvalue weighted by Gasteiger charge is 2.33. The summed E-state index contributed by atoms with van der Waals surface area (Å²) >= 11 is 1.04. The molecular weight excluding hydrogens is 375 g/mol. The molecule has 0 bridgehead atoms. The number of H-pyrrole nitrogens is 1. The largest absolute Gasteiger partial charge is 0.433 e. The van der Waals surface area contributed by atoms with Crippen LogP contribution >= 0.6 is 11.3 Å². The number of nitrogens with zero attached hydrogens (tertiary/aromatic N) is 3. The van der Waals surface area contributed by atoms with Gasteiger partial charge in [0.25, 0.3) is 11.2 Å². The van der Waals surface area contributed by atoms with Crippen molar-refractivity contribution in [2.75, 3.05) is 5.32 Å². The SMILES string of the molecule is O=c1cc(C(F)(F)F)nc(Nc2nc(-c3cccc([N+](=O)[O-])c3)cs2)[nH]1. The zero-order valence-corrected chi connectivity index (χ0v) is 13.4. The minimum Gasteiger partial charge on any atom is -0.302 e. The third-order valence-corrected chi connectivity index (χ3v) is 3.87. The number of aromatic nitrogens is 3. The smallest absolute Gasteiger partial charge is 0.302 e. The highest BCUT2D eigenvalue weighted by atomic mass is 32.1. The molecule has 0 spiro atoms. The van der Waals surface area contributed by atoms with E-state index in [-0.39, 0.29) is 10.8 Å². The van der Waals surface area contributed by atoms with E-state index in [1.807, 2.05) is 0 Å². The number of nitro groups is 1. The molecule has 0 aliphatic rings. The first-order valence-electron chi connectivity index (χ1n) is 6.88. The second-order valence-corrected chi connectivity index (χ2v) is 5.81. The quantitative estimate of drug-likeness (QED) is 0.526. The normalized spacial score (nSPS) is 11.3. The Morgan fingerprint density at radius 3 is 2.69 bits per heavy atom. The van der Waals surface area contributed by atoms with Crippen LogP contribution in [0.2, 0.25) is 0 Å². The summed E-state index contributed by atoms with van der Waals surface area (Å²) in [5.41, 5.74) is -1.57. The van der Waals surface area contributed by atoms with Crippen molar-refractivity contribution in [2.45, 2.75) is 6.18 Å². The predicted molar refractivity (Wildman–Crippen MR) is 87.3 cm³/mol. The van der Waals surface area contributed by atoms with E-state index in [0.717, 1.165) is 11.3 Å². The number of alkyl halides is 3. The first-order chi connectivity index (χ1) is 12.2. The second kappa shape index (κ2) is 6.55. The first-order valence-corrected chi connectivity index (χ1v) is 7.76. The number of benzene rings is 1. The van der Waals surface area contributed by atoms with Gasteiger partial charge in [-0.2, -0.15) is 13.2 Å². The molecule has 0 atom stereocenters. The molecule has 0 radical (unpaired) electrons. The molecule has 1 aromatic carbocycles. The summed E-state index contributed by atoms with van der Waals surface area (Å²) in [6, 6.07) is 6.10. The standard InChI is InChI=1S/C14H8F3N5O3S/c15-14(16,17)10-5-11(23)20-12(19-10)21-13-18-9(6-26-13)7-2-1-3-8(4-7)22(24)25/h1-6H,(H2,18,19,20,21,23). The van der Waals surface area contributed by atoms with Crippen LogP contribution in [0.1, 0.15) is 5.69 Å². The van der Waals surface area contributed by atoms with Gasteiger partial charge in [-0.05, 0) is 0 Å². The Kier molecular flexibility index (Phi) is 4.42. The van der Waals surface area contributed by atoms with E-state index in [1.54, 1.807) is 11.4 Å². The average molecular weight is 383 g/mol. The van der Waals surface area contributed by atoms with Gasteiger partial charge in [0.1, 0.15) is 0 Å². The van der Waals surface area contributed by atoms with Crippen LogP contribution < -0.4 is 10.9 Å². The van der Waals surface area contributed by atoms with E-state index in [4.69, 9.17) is 0 Å². The zero-order chi connectivity index (χ0) is 18.9. The lowest BCUT2D eigenvalue weighted by molar-refractivity contribution is -0.384. The summed E-state index contributed by atoms with van der Waals surface area (Å²) in [5, 5.41) is 15.0. The third-order valence-electron chi connectivity index (χ3n) is 3.11. The van der Waals surface area contributed by atoms with Crippen LogP contribution in [0.25, 0.3) is 11.3 Å². The minimum absolute atomic E-state index is 0.117. The number of thiazole rings is 1. The number of rotatable bonds is 4. The summed E-state index contributed by atoms with van der Waals surface area (Å²) < 4.78 is 38.1. The van der Waals surface area contributed by atoms with Crippen LogP contribution in [0.15, 0.2) is 40.5 Å². The Hall–Kier alpha value is -3.28. The van der Waals surface area contributed by atoms with E-state index >= 15 is 0 Å². The molecule has 2 N–H and O–H groups in total. The van der Waals surface area contributed by atoms with Crippen molar-refractivity contribution in [1.29, 1.82) is 0 Å². The summed E-state index contributed by atoms with van der Waals surface area (Å²) in [4.78, 5) is 31.2. The summed E-state index contributed by atoms with van der Waals surface area (Å²) in [6.45, 7) is 0. The van der Waals surface area contributed by atoms with Crippen molar-refractivity contribution in [3.63, 3.8) is 0 Å². The van der Waals surface area contributed by atoms with Crippen molar-refractivity contribution in [3.8, 4) is 11.3 Å². The molecule has 0 saturated heterocycles. The van der Waals surface area contributed by atoms with E-state index in [9.17, 15) is 28.1 Å². The fourth-order valence-electron chi connectivity index (χ4n) is 2.01. The van der Waals surface area contributed by atoms with Crippen LogP contribution in [0, 0.1) is 10.1 Å². The number of halogens is 3. The number of hydrogen-bond acceptors (Lipinski definition) is 7. The summed E-state index contributed by atoms with van der Waals surface area (Å²) in [5.74, 6) is -0.412. The monoisotopic (exact) mass is 383 g/mol. The molecule has 12 heteroatoms. The topological polar surface area (TPSA) is 114 Å². The molecule has 26 heavy (non-hydrogen) atoms. The van der Waals surface area contributed by atoms with Gasteiger partial charge in [-0.15, -0.1) is 11.3 Å². The molecular formula is C14H8F3N5O3S.